The zero-order chi connectivity index (χ0) is 57.8. The van der Waals surface area contributed by atoms with Crippen LogP contribution in [0.2, 0.25) is 0 Å². The molecule has 0 aliphatic heterocycles. The van der Waals surface area contributed by atoms with Gasteiger partial charge in [0.05, 0.1) is 0 Å². The Kier molecular flexibility index (Phi) is 62.4. The predicted octanol–water partition coefficient (Wildman–Crippen LogP) is 22.5. The van der Waals surface area contributed by atoms with Gasteiger partial charge in [0.1, 0.15) is 13.2 Å². The summed E-state index contributed by atoms with van der Waals surface area (Å²) in [6.45, 7) is 6.36. The summed E-state index contributed by atoms with van der Waals surface area (Å²) in [5, 5.41) is 0. The summed E-state index contributed by atoms with van der Waals surface area (Å²) in [5.41, 5.74) is 0. The molecule has 0 aromatic rings. The molecule has 0 rings (SSSR count). The molecule has 0 amide bonds. The van der Waals surface area contributed by atoms with E-state index in [0.29, 0.717) is 12.8 Å². The lowest BCUT2D eigenvalue weighted by atomic mass is 10.1. The van der Waals surface area contributed by atoms with E-state index >= 15 is 0 Å². The first kappa shape index (κ1) is 75.0. The van der Waals surface area contributed by atoms with Crippen molar-refractivity contribution in [2.45, 2.75) is 277 Å². The highest BCUT2D eigenvalue weighted by molar-refractivity contribution is 5.71. The Hall–Kier alpha value is -4.97. The molecule has 0 aliphatic carbocycles. The number of carbonyl (C=O) groups is 3. The number of hydrogen-bond donors (Lipinski definition) is 0. The van der Waals surface area contributed by atoms with Crippen LogP contribution in [0.3, 0.4) is 0 Å². The minimum Gasteiger partial charge on any atom is -0.462 e. The Labute approximate surface area is 492 Å². The Bertz CT molecular complexity index is 1790. The maximum atomic E-state index is 12.9. The molecule has 0 spiro atoms. The third-order valence-corrected chi connectivity index (χ3v) is 13.3. The third kappa shape index (κ3) is 63.9. The highest BCUT2D eigenvalue weighted by atomic mass is 16.6. The highest BCUT2D eigenvalue weighted by Gasteiger charge is 2.19. The predicted molar refractivity (Wildman–Crippen MR) is 348 cm³/mol. The number of unbranched alkanes of at least 4 members (excludes halogenated alkanes) is 20. The number of allylic oxidation sites excluding steroid dienone is 26. The summed E-state index contributed by atoms with van der Waals surface area (Å²) in [6.07, 6.45) is 96.8. The summed E-state index contributed by atoms with van der Waals surface area (Å²) >= 11 is 0. The molecule has 0 heterocycles. The summed E-state index contributed by atoms with van der Waals surface area (Å²) < 4.78 is 16.9. The molecule has 0 bridgehead atoms. The van der Waals surface area contributed by atoms with Gasteiger partial charge in [-0.15, -0.1) is 0 Å². The molecule has 0 aromatic heterocycles. The molecule has 6 heteroatoms. The second-order valence-electron chi connectivity index (χ2n) is 20.9. The highest BCUT2D eigenvalue weighted by Crippen LogP contribution is 2.15. The first-order valence-corrected chi connectivity index (χ1v) is 32.5. The second kappa shape index (κ2) is 66.5. The maximum absolute atomic E-state index is 12.9. The van der Waals surface area contributed by atoms with Crippen molar-refractivity contribution in [1.29, 1.82) is 0 Å². The van der Waals surface area contributed by atoms with Gasteiger partial charge in [-0.3, -0.25) is 14.4 Å². The van der Waals surface area contributed by atoms with E-state index in [0.717, 1.165) is 154 Å². The van der Waals surface area contributed by atoms with Gasteiger partial charge < -0.3 is 14.2 Å². The summed E-state index contributed by atoms with van der Waals surface area (Å²) in [4.78, 5) is 38.3. The van der Waals surface area contributed by atoms with E-state index < -0.39 is 6.10 Å². The van der Waals surface area contributed by atoms with Crippen molar-refractivity contribution in [1.82, 2.24) is 0 Å². The van der Waals surface area contributed by atoms with Crippen molar-refractivity contribution in [2.75, 3.05) is 13.2 Å². The van der Waals surface area contributed by atoms with E-state index in [1.807, 2.05) is 0 Å². The lowest BCUT2D eigenvalue weighted by Gasteiger charge is -2.18. The molecule has 80 heavy (non-hydrogen) atoms. The zero-order valence-corrected chi connectivity index (χ0v) is 51.5. The van der Waals surface area contributed by atoms with Crippen LogP contribution < -0.4 is 0 Å². The maximum Gasteiger partial charge on any atom is 0.306 e. The molecule has 0 N–H and O–H groups in total. The van der Waals surface area contributed by atoms with Crippen LogP contribution in [0, 0.1) is 0 Å². The quantitative estimate of drug-likeness (QED) is 0.0261. The van der Waals surface area contributed by atoms with Crippen LogP contribution in [-0.2, 0) is 28.6 Å². The summed E-state index contributed by atoms with van der Waals surface area (Å²) in [5.74, 6) is -0.944. The van der Waals surface area contributed by atoms with Crippen LogP contribution in [0.5, 0.6) is 0 Å². The molecule has 1 atom stereocenters. The first-order chi connectivity index (χ1) is 39.5. The van der Waals surface area contributed by atoms with Crippen LogP contribution in [0.25, 0.3) is 0 Å². The fourth-order valence-electron chi connectivity index (χ4n) is 8.48. The lowest BCUT2D eigenvalue weighted by molar-refractivity contribution is -0.167. The normalized spacial score (nSPS) is 13.2. The van der Waals surface area contributed by atoms with E-state index in [1.54, 1.807) is 0 Å². The van der Waals surface area contributed by atoms with E-state index in [1.165, 1.54) is 77.0 Å². The van der Waals surface area contributed by atoms with Gasteiger partial charge >= 0.3 is 17.9 Å². The number of hydrogen-bond acceptors (Lipinski definition) is 6. The Balaban J connectivity index is 4.37. The molecule has 0 aromatic carbocycles. The molecule has 0 saturated heterocycles. The average molecular weight is 1100 g/mol. The number of esters is 3. The van der Waals surface area contributed by atoms with Gasteiger partial charge in [0.25, 0.3) is 0 Å². The number of carbonyl (C=O) groups excluding carboxylic acids is 3. The molecule has 450 valence electrons. The van der Waals surface area contributed by atoms with Gasteiger partial charge in [-0.1, -0.05) is 281 Å². The van der Waals surface area contributed by atoms with Gasteiger partial charge in [-0.05, 0) is 128 Å². The van der Waals surface area contributed by atoms with Gasteiger partial charge in [0.2, 0.25) is 0 Å². The minimum absolute atomic E-state index is 0.0986. The third-order valence-electron chi connectivity index (χ3n) is 13.3. The topological polar surface area (TPSA) is 78.9 Å². The van der Waals surface area contributed by atoms with Gasteiger partial charge in [-0.25, -0.2) is 0 Å². The fourth-order valence-corrected chi connectivity index (χ4v) is 8.48. The van der Waals surface area contributed by atoms with Crippen LogP contribution in [0.1, 0.15) is 271 Å². The van der Waals surface area contributed by atoms with E-state index in [-0.39, 0.29) is 37.5 Å². The Morgan fingerprint density at radius 2 is 0.487 bits per heavy atom. The molecule has 1 unspecified atom stereocenters. The van der Waals surface area contributed by atoms with E-state index in [2.05, 4.69) is 179 Å². The summed E-state index contributed by atoms with van der Waals surface area (Å²) in [7, 11) is 0. The Morgan fingerprint density at radius 3 is 0.775 bits per heavy atom. The van der Waals surface area contributed by atoms with Crippen LogP contribution >= 0.6 is 0 Å². The molecular formula is C74H118O6. The largest absolute Gasteiger partial charge is 0.462 e. The smallest absolute Gasteiger partial charge is 0.306 e. The van der Waals surface area contributed by atoms with Crippen molar-refractivity contribution in [3.63, 3.8) is 0 Å². The van der Waals surface area contributed by atoms with Crippen molar-refractivity contribution in [2.24, 2.45) is 0 Å². The van der Waals surface area contributed by atoms with E-state index in [9.17, 15) is 14.4 Å². The SMILES string of the molecule is CC/C=C\C/C=C\C/C=C\C/C=C\C/C=C\C/C=C\C/C=C\CCCCCC(=O)OC(COC(=O)CCCCCCCCCC/C=C\C/C=C\C/C=C\C/C=C\C/C=C\C/C=C\CC)COC(=O)CCCCCCCCCCCC. The second-order valence-corrected chi connectivity index (χ2v) is 20.9. The van der Waals surface area contributed by atoms with Gasteiger partial charge in [0, 0.05) is 19.3 Å². The zero-order valence-electron chi connectivity index (χ0n) is 51.5. The van der Waals surface area contributed by atoms with Crippen molar-refractivity contribution in [3.8, 4) is 0 Å². The van der Waals surface area contributed by atoms with Crippen LogP contribution in [0.15, 0.2) is 158 Å². The number of rotatable bonds is 57. The van der Waals surface area contributed by atoms with Crippen molar-refractivity contribution < 1.29 is 28.6 Å². The monoisotopic (exact) mass is 1100 g/mol. The first-order valence-electron chi connectivity index (χ1n) is 32.5. The minimum atomic E-state index is -0.806. The summed E-state index contributed by atoms with van der Waals surface area (Å²) in [6, 6.07) is 0. The average Bonchev–Trinajstić information content (AvgIpc) is 3.46. The molecule has 0 fully saturated rings. The fraction of sp³-hybridized carbons (Fsp3) is 0.608. The Morgan fingerprint density at radius 1 is 0.263 bits per heavy atom. The molecular weight excluding hydrogens is 985 g/mol. The molecule has 0 radical (unpaired) electrons. The van der Waals surface area contributed by atoms with Gasteiger partial charge in [-0.2, -0.15) is 0 Å². The van der Waals surface area contributed by atoms with E-state index in [4.69, 9.17) is 14.2 Å². The number of ether oxygens (including phenoxy) is 3. The lowest BCUT2D eigenvalue weighted by Crippen LogP contribution is -2.30. The van der Waals surface area contributed by atoms with Crippen molar-refractivity contribution >= 4 is 17.9 Å². The molecule has 0 aliphatic rings. The molecule has 6 nitrogen and oxygen atoms in total. The van der Waals surface area contributed by atoms with Crippen molar-refractivity contribution in [3.05, 3.63) is 158 Å². The van der Waals surface area contributed by atoms with Gasteiger partial charge in [0.15, 0.2) is 6.10 Å². The standard InChI is InChI=1S/C74H118O6/c1-4-7-10-13-16-19-22-24-26-28-30-32-34-36-37-39-40-42-44-46-48-50-52-55-58-61-64-67-73(76)79-70-71(69-78-72(75)66-63-60-57-54-21-18-15-12-9-6-3)80-74(77)68-65-62-59-56-53-51-49-47-45-43-41-38-35-33-31-29-27-25-23-20-17-14-11-8-5-2/h7-8,10-11,16-17,19-20,24-27,30-33,36-38,40-42,45,47,51,53,71H,4-6,9,12-15,18,21-23,28-29,34-35,39,43-44,46,48-50,52,54-70H2,1-3H3/b10-7-,11-8-,19-16-,20-17-,26-24-,27-25-,32-30-,33-31-,37-36-,41-38-,42-40-,47-45-,53-51-. The van der Waals surface area contributed by atoms with Crippen LogP contribution in [0.4, 0.5) is 0 Å². The molecule has 0 saturated carbocycles. The van der Waals surface area contributed by atoms with Crippen LogP contribution in [-0.4, -0.2) is 37.2 Å².